The summed E-state index contributed by atoms with van der Waals surface area (Å²) >= 11 is 5.96. The molecule has 1 aliphatic heterocycles. The van der Waals surface area contributed by atoms with Gasteiger partial charge in [-0.3, -0.25) is 4.79 Å². The lowest BCUT2D eigenvalue weighted by molar-refractivity contribution is -0.122. The Kier molecular flexibility index (Phi) is 3.46. The lowest BCUT2D eigenvalue weighted by Crippen LogP contribution is -2.53. The molecule has 4 heteroatoms. The van der Waals surface area contributed by atoms with Crippen molar-refractivity contribution in [2.24, 2.45) is 0 Å². The van der Waals surface area contributed by atoms with Crippen LogP contribution in [0.3, 0.4) is 0 Å². The number of amides is 1. The Morgan fingerprint density at radius 1 is 1.50 bits per heavy atom. The van der Waals surface area contributed by atoms with Crippen LogP contribution >= 0.6 is 11.6 Å². The molecular formula is C12H15ClN2O. The van der Waals surface area contributed by atoms with Crippen LogP contribution in [-0.2, 0) is 11.2 Å². The van der Waals surface area contributed by atoms with E-state index in [1.54, 1.807) is 0 Å². The van der Waals surface area contributed by atoms with Crippen molar-refractivity contribution < 1.29 is 4.79 Å². The Morgan fingerprint density at radius 2 is 2.31 bits per heavy atom. The van der Waals surface area contributed by atoms with Gasteiger partial charge in [-0.2, -0.15) is 0 Å². The minimum absolute atomic E-state index is 0.0657. The lowest BCUT2D eigenvalue weighted by atomic mass is 10.0. The SMILES string of the molecule is Cc1ccc(Cl)cc1CC1CNCC(=O)N1. The number of benzene rings is 1. The van der Waals surface area contributed by atoms with E-state index in [4.69, 9.17) is 11.6 Å². The van der Waals surface area contributed by atoms with Crippen LogP contribution in [0.15, 0.2) is 18.2 Å². The quantitative estimate of drug-likeness (QED) is 0.815. The summed E-state index contributed by atoms with van der Waals surface area (Å²) in [5.74, 6) is 0.0657. The predicted octanol–water partition coefficient (Wildman–Crippen LogP) is 1.28. The number of carbonyl (C=O) groups is 1. The first-order chi connectivity index (χ1) is 7.65. The molecule has 1 unspecified atom stereocenters. The number of nitrogens with one attached hydrogen (secondary N) is 2. The van der Waals surface area contributed by atoms with Crippen LogP contribution in [0.4, 0.5) is 0 Å². The van der Waals surface area contributed by atoms with Crippen molar-refractivity contribution in [1.82, 2.24) is 10.6 Å². The van der Waals surface area contributed by atoms with Gasteiger partial charge in [-0.1, -0.05) is 17.7 Å². The highest BCUT2D eigenvalue weighted by molar-refractivity contribution is 6.30. The molecule has 2 N–H and O–H groups in total. The maximum absolute atomic E-state index is 11.2. The summed E-state index contributed by atoms with van der Waals surface area (Å²) in [6.07, 6.45) is 0.825. The maximum Gasteiger partial charge on any atom is 0.234 e. The van der Waals surface area contributed by atoms with Gasteiger partial charge in [0.2, 0.25) is 5.91 Å². The first kappa shape index (κ1) is 11.4. The highest BCUT2D eigenvalue weighted by atomic mass is 35.5. The first-order valence-corrected chi connectivity index (χ1v) is 5.78. The largest absolute Gasteiger partial charge is 0.351 e. The predicted molar refractivity (Wildman–Crippen MR) is 64.7 cm³/mol. The van der Waals surface area contributed by atoms with Gasteiger partial charge in [0.05, 0.1) is 6.54 Å². The van der Waals surface area contributed by atoms with Gasteiger partial charge in [0.1, 0.15) is 0 Å². The van der Waals surface area contributed by atoms with Gasteiger partial charge in [-0.25, -0.2) is 0 Å². The van der Waals surface area contributed by atoms with Crippen LogP contribution < -0.4 is 10.6 Å². The second kappa shape index (κ2) is 4.85. The number of hydrogen-bond donors (Lipinski definition) is 2. The van der Waals surface area contributed by atoms with E-state index in [0.29, 0.717) is 6.54 Å². The molecule has 16 heavy (non-hydrogen) atoms. The van der Waals surface area contributed by atoms with Crippen molar-refractivity contribution in [2.75, 3.05) is 13.1 Å². The second-order valence-electron chi connectivity index (χ2n) is 4.17. The molecule has 1 amide bonds. The van der Waals surface area contributed by atoms with Crippen LogP contribution in [0.25, 0.3) is 0 Å². The van der Waals surface area contributed by atoms with Crippen molar-refractivity contribution >= 4 is 17.5 Å². The van der Waals surface area contributed by atoms with E-state index in [1.165, 1.54) is 11.1 Å². The Bertz CT molecular complexity index is 406. The van der Waals surface area contributed by atoms with Crippen molar-refractivity contribution in [3.8, 4) is 0 Å². The fourth-order valence-electron chi connectivity index (χ4n) is 1.94. The number of halogens is 1. The molecule has 86 valence electrons. The molecule has 1 fully saturated rings. The van der Waals surface area contributed by atoms with Gasteiger partial charge in [-0.15, -0.1) is 0 Å². The Labute approximate surface area is 100 Å². The summed E-state index contributed by atoms with van der Waals surface area (Å²) in [7, 11) is 0. The zero-order valence-corrected chi connectivity index (χ0v) is 9.97. The van der Waals surface area contributed by atoms with E-state index in [9.17, 15) is 4.79 Å². The topological polar surface area (TPSA) is 41.1 Å². The smallest absolute Gasteiger partial charge is 0.234 e. The number of carbonyl (C=O) groups excluding carboxylic acids is 1. The van der Waals surface area contributed by atoms with Crippen LogP contribution in [0.2, 0.25) is 5.02 Å². The zero-order chi connectivity index (χ0) is 11.5. The van der Waals surface area contributed by atoms with Crippen LogP contribution in [-0.4, -0.2) is 25.0 Å². The normalized spacial score (nSPS) is 20.6. The lowest BCUT2D eigenvalue weighted by Gasteiger charge is -2.24. The van der Waals surface area contributed by atoms with E-state index < -0.39 is 0 Å². The Hall–Kier alpha value is -1.06. The van der Waals surface area contributed by atoms with Crippen LogP contribution in [0.5, 0.6) is 0 Å². The highest BCUT2D eigenvalue weighted by Crippen LogP contribution is 2.17. The maximum atomic E-state index is 11.2. The summed E-state index contributed by atoms with van der Waals surface area (Å²) in [4.78, 5) is 11.2. The van der Waals surface area contributed by atoms with Crippen molar-refractivity contribution in [3.63, 3.8) is 0 Å². The molecule has 0 radical (unpaired) electrons. The molecule has 3 nitrogen and oxygen atoms in total. The van der Waals surface area contributed by atoms with E-state index in [2.05, 4.69) is 17.6 Å². The molecule has 1 atom stereocenters. The van der Waals surface area contributed by atoms with Gasteiger partial charge in [0.25, 0.3) is 0 Å². The number of piperazine rings is 1. The second-order valence-corrected chi connectivity index (χ2v) is 4.61. The van der Waals surface area contributed by atoms with Gasteiger partial charge < -0.3 is 10.6 Å². The average Bonchev–Trinajstić information content (AvgIpc) is 2.24. The van der Waals surface area contributed by atoms with Crippen LogP contribution in [0, 0.1) is 6.92 Å². The molecule has 1 saturated heterocycles. The van der Waals surface area contributed by atoms with Gasteiger partial charge in [-0.05, 0) is 36.6 Å². The first-order valence-electron chi connectivity index (χ1n) is 5.40. The minimum atomic E-state index is 0.0657. The summed E-state index contributed by atoms with van der Waals surface area (Å²) < 4.78 is 0. The van der Waals surface area contributed by atoms with E-state index >= 15 is 0 Å². The van der Waals surface area contributed by atoms with E-state index in [-0.39, 0.29) is 11.9 Å². The fraction of sp³-hybridized carbons (Fsp3) is 0.417. The van der Waals surface area contributed by atoms with E-state index in [1.807, 2.05) is 18.2 Å². The number of rotatable bonds is 2. The summed E-state index contributed by atoms with van der Waals surface area (Å²) in [6, 6.07) is 6.03. The molecular weight excluding hydrogens is 224 g/mol. The average molecular weight is 239 g/mol. The molecule has 0 spiro atoms. The third kappa shape index (κ3) is 2.74. The van der Waals surface area contributed by atoms with Gasteiger partial charge in [0.15, 0.2) is 0 Å². The Balaban J connectivity index is 2.08. The minimum Gasteiger partial charge on any atom is -0.351 e. The van der Waals surface area contributed by atoms with E-state index in [0.717, 1.165) is 18.0 Å². The number of aryl methyl sites for hydroxylation is 1. The summed E-state index contributed by atoms with van der Waals surface area (Å²) in [5.41, 5.74) is 2.41. The van der Waals surface area contributed by atoms with Crippen LogP contribution in [0.1, 0.15) is 11.1 Å². The summed E-state index contributed by atoms with van der Waals surface area (Å²) in [6.45, 7) is 3.30. The fourth-order valence-corrected chi connectivity index (χ4v) is 2.13. The molecule has 1 aromatic carbocycles. The standard InChI is InChI=1S/C12H15ClN2O/c1-8-2-3-10(13)4-9(8)5-11-6-14-7-12(16)15-11/h2-4,11,14H,5-7H2,1H3,(H,15,16). The zero-order valence-electron chi connectivity index (χ0n) is 9.22. The Morgan fingerprint density at radius 3 is 3.06 bits per heavy atom. The molecule has 1 aliphatic rings. The molecule has 1 heterocycles. The third-order valence-electron chi connectivity index (χ3n) is 2.82. The molecule has 1 aromatic rings. The number of hydrogen-bond acceptors (Lipinski definition) is 2. The molecule has 0 bridgehead atoms. The molecule has 2 rings (SSSR count). The van der Waals surface area contributed by atoms with Gasteiger partial charge >= 0.3 is 0 Å². The van der Waals surface area contributed by atoms with Crippen molar-refractivity contribution in [2.45, 2.75) is 19.4 Å². The highest BCUT2D eigenvalue weighted by Gasteiger charge is 2.18. The summed E-state index contributed by atoms with van der Waals surface area (Å²) in [5, 5.41) is 6.81. The van der Waals surface area contributed by atoms with Crippen molar-refractivity contribution in [1.29, 1.82) is 0 Å². The molecule has 0 aromatic heterocycles. The van der Waals surface area contributed by atoms with Gasteiger partial charge in [0, 0.05) is 17.6 Å². The third-order valence-corrected chi connectivity index (χ3v) is 3.05. The molecule has 0 saturated carbocycles. The monoisotopic (exact) mass is 238 g/mol. The molecule has 0 aliphatic carbocycles. The van der Waals surface area contributed by atoms with Crippen molar-refractivity contribution in [3.05, 3.63) is 34.3 Å².